The van der Waals surface area contributed by atoms with E-state index in [-0.39, 0.29) is 22.2 Å². The van der Waals surface area contributed by atoms with Crippen molar-refractivity contribution in [2.24, 2.45) is 5.10 Å². The lowest BCUT2D eigenvalue weighted by molar-refractivity contribution is 0.0951. The first-order valence-electron chi connectivity index (χ1n) is 7.21. The Balaban J connectivity index is 1.74. The lowest BCUT2D eigenvalue weighted by Crippen LogP contribution is -2.18. The average Bonchev–Trinajstić information content (AvgIpc) is 2.65. The number of amides is 1. The second kappa shape index (κ2) is 7.53. The number of phenols is 1. The number of rotatable bonds is 4. The molecular weight excluding hydrogens is 360 g/mol. The van der Waals surface area contributed by atoms with Gasteiger partial charge < -0.3 is 10.2 Å². The van der Waals surface area contributed by atoms with Crippen molar-refractivity contribution >= 4 is 23.7 Å². The molecule has 9 nitrogen and oxygen atoms in total. The zero-order valence-corrected chi connectivity index (χ0v) is 13.8. The van der Waals surface area contributed by atoms with Crippen LogP contribution in [0.3, 0.4) is 0 Å². The minimum absolute atomic E-state index is 0.125. The molecule has 0 spiro atoms. The Morgan fingerprint density at radius 2 is 2.08 bits per heavy atom. The van der Waals surface area contributed by atoms with Crippen molar-refractivity contribution in [3.05, 3.63) is 58.9 Å². The quantitative estimate of drug-likeness (QED) is 0.470. The van der Waals surface area contributed by atoms with Crippen molar-refractivity contribution in [2.45, 2.75) is 0 Å². The van der Waals surface area contributed by atoms with Gasteiger partial charge in [0.1, 0.15) is 17.0 Å². The molecule has 3 aromatic rings. The molecule has 2 heterocycles. The number of carbonyl (C=O) groups excluding carboxylic acids is 1. The van der Waals surface area contributed by atoms with E-state index >= 15 is 0 Å². The van der Waals surface area contributed by atoms with Crippen LogP contribution in [0.15, 0.2) is 47.8 Å². The van der Waals surface area contributed by atoms with Gasteiger partial charge in [0, 0.05) is 18.0 Å². The number of aromatic nitrogens is 4. The van der Waals surface area contributed by atoms with E-state index in [1.54, 1.807) is 24.3 Å². The van der Waals surface area contributed by atoms with Crippen molar-refractivity contribution < 1.29 is 15.0 Å². The van der Waals surface area contributed by atoms with Crippen LogP contribution in [0, 0.1) is 0 Å². The zero-order valence-electron chi connectivity index (χ0n) is 13.0. The van der Waals surface area contributed by atoms with Gasteiger partial charge >= 0.3 is 0 Å². The van der Waals surface area contributed by atoms with Crippen LogP contribution in [0.25, 0.3) is 11.5 Å². The molecule has 130 valence electrons. The molecule has 10 heteroatoms. The SMILES string of the molecule is O=C(N/N=C/c1cccc(Cl)c1O)c1cnc(-c2cccnn2)nc1O. The summed E-state index contributed by atoms with van der Waals surface area (Å²) in [4.78, 5) is 19.9. The Morgan fingerprint density at radius 1 is 1.23 bits per heavy atom. The molecule has 1 amide bonds. The third kappa shape index (κ3) is 3.73. The summed E-state index contributed by atoms with van der Waals surface area (Å²) in [6.07, 6.45) is 3.85. The summed E-state index contributed by atoms with van der Waals surface area (Å²) in [6, 6.07) is 7.96. The summed E-state index contributed by atoms with van der Waals surface area (Å²) in [5.41, 5.74) is 2.69. The number of hydrogen-bond donors (Lipinski definition) is 3. The van der Waals surface area contributed by atoms with Crippen LogP contribution in [0.4, 0.5) is 0 Å². The largest absolute Gasteiger partial charge is 0.506 e. The molecule has 0 unspecified atom stereocenters. The summed E-state index contributed by atoms with van der Waals surface area (Å²) in [5, 5.41) is 31.1. The molecule has 0 aliphatic rings. The van der Waals surface area contributed by atoms with Crippen LogP contribution in [-0.2, 0) is 0 Å². The Bertz CT molecular complexity index is 981. The summed E-state index contributed by atoms with van der Waals surface area (Å²) in [7, 11) is 0. The molecule has 0 saturated heterocycles. The van der Waals surface area contributed by atoms with Crippen LogP contribution in [-0.4, -0.2) is 42.5 Å². The summed E-state index contributed by atoms with van der Waals surface area (Å²) >= 11 is 5.78. The normalized spacial score (nSPS) is 10.8. The smallest absolute Gasteiger partial charge is 0.278 e. The molecule has 0 fully saturated rings. The fourth-order valence-corrected chi connectivity index (χ4v) is 2.12. The highest BCUT2D eigenvalue weighted by atomic mass is 35.5. The van der Waals surface area contributed by atoms with Gasteiger partial charge in [0.2, 0.25) is 5.88 Å². The molecule has 0 aliphatic heterocycles. The van der Waals surface area contributed by atoms with Gasteiger partial charge in [0.05, 0.1) is 11.2 Å². The van der Waals surface area contributed by atoms with Crippen LogP contribution in [0.1, 0.15) is 15.9 Å². The van der Waals surface area contributed by atoms with E-state index in [0.29, 0.717) is 11.3 Å². The molecule has 2 aromatic heterocycles. The second-order valence-electron chi connectivity index (χ2n) is 4.92. The highest BCUT2D eigenvalue weighted by Crippen LogP contribution is 2.25. The summed E-state index contributed by atoms with van der Waals surface area (Å²) in [5.74, 6) is -1.30. The van der Waals surface area contributed by atoms with Gasteiger partial charge in [-0.05, 0) is 24.3 Å². The number of nitrogens with one attached hydrogen (secondary N) is 1. The topological polar surface area (TPSA) is 133 Å². The molecular formula is C16H11ClN6O3. The van der Waals surface area contributed by atoms with Crippen molar-refractivity contribution in [1.82, 2.24) is 25.6 Å². The number of benzene rings is 1. The molecule has 0 bridgehead atoms. The first-order valence-corrected chi connectivity index (χ1v) is 7.59. The predicted octanol–water partition coefficient (Wildman–Crippen LogP) is 1.76. The van der Waals surface area contributed by atoms with E-state index in [2.05, 4.69) is 30.7 Å². The third-order valence-corrected chi connectivity index (χ3v) is 3.51. The molecule has 0 aliphatic carbocycles. The molecule has 0 atom stereocenters. The monoisotopic (exact) mass is 370 g/mol. The highest BCUT2D eigenvalue weighted by molar-refractivity contribution is 6.32. The standard InChI is InChI=1S/C16H11ClN6O3/c17-11-4-1-3-9(13(11)24)7-20-23-16(26)10-8-18-14(21-15(10)25)12-5-2-6-19-22-12/h1-8,24H,(H,23,26)(H,18,21,25)/b20-7+. The van der Waals surface area contributed by atoms with Crippen molar-refractivity contribution in [1.29, 1.82) is 0 Å². The lowest BCUT2D eigenvalue weighted by atomic mass is 10.2. The molecule has 3 N–H and O–H groups in total. The number of para-hydroxylation sites is 1. The van der Waals surface area contributed by atoms with E-state index in [1.165, 1.54) is 18.5 Å². The highest BCUT2D eigenvalue weighted by Gasteiger charge is 2.15. The number of halogens is 1. The van der Waals surface area contributed by atoms with Crippen LogP contribution < -0.4 is 5.43 Å². The van der Waals surface area contributed by atoms with Gasteiger partial charge in [-0.25, -0.2) is 10.4 Å². The maximum Gasteiger partial charge on any atom is 0.278 e. The van der Waals surface area contributed by atoms with Crippen molar-refractivity contribution in [3.63, 3.8) is 0 Å². The fraction of sp³-hybridized carbons (Fsp3) is 0. The van der Waals surface area contributed by atoms with E-state index in [4.69, 9.17) is 11.6 Å². The van der Waals surface area contributed by atoms with Crippen molar-refractivity contribution in [2.75, 3.05) is 0 Å². The maximum absolute atomic E-state index is 12.1. The maximum atomic E-state index is 12.1. The van der Waals surface area contributed by atoms with Crippen molar-refractivity contribution in [3.8, 4) is 23.1 Å². The number of hydrogen-bond acceptors (Lipinski definition) is 8. The fourth-order valence-electron chi connectivity index (χ4n) is 1.93. The molecule has 26 heavy (non-hydrogen) atoms. The lowest BCUT2D eigenvalue weighted by Gasteiger charge is -2.04. The van der Waals surface area contributed by atoms with E-state index in [9.17, 15) is 15.0 Å². The minimum Gasteiger partial charge on any atom is -0.506 e. The number of phenolic OH excluding ortho intramolecular Hbond substituents is 1. The molecule has 3 rings (SSSR count). The molecule has 0 radical (unpaired) electrons. The first kappa shape index (κ1) is 17.2. The number of hydrazone groups is 1. The summed E-state index contributed by atoms with van der Waals surface area (Å²) in [6.45, 7) is 0. The molecule has 0 saturated carbocycles. The van der Waals surface area contributed by atoms with Gasteiger partial charge in [-0.3, -0.25) is 4.79 Å². The average molecular weight is 371 g/mol. The van der Waals surface area contributed by atoms with Gasteiger partial charge in [0.25, 0.3) is 5.91 Å². The summed E-state index contributed by atoms with van der Waals surface area (Å²) < 4.78 is 0. The van der Waals surface area contributed by atoms with E-state index in [0.717, 1.165) is 6.20 Å². The predicted molar refractivity (Wildman–Crippen MR) is 92.9 cm³/mol. The number of nitrogens with zero attached hydrogens (tertiary/aromatic N) is 5. The van der Waals surface area contributed by atoms with Crippen LogP contribution >= 0.6 is 11.6 Å². The Kier molecular flexibility index (Phi) is 4.99. The van der Waals surface area contributed by atoms with E-state index in [1.807, 2.05) is 0 Å². The zero-order chi connectivity index (χ0) is 18.5. The molecule has 1 aromatic carbocycles. The Labute approximate surface area is 152 Å². The Morgan fingerprint density at radius 3 is 2.81 bits per heavy atom. The van der Waals surface area contributed by atoms with E-state index < -0.39 is 11.8 Å². The second-order valence-corrected chi connectivity index (χ2v) is 5.32. The van der Waals surface area contributed by atoms with Gasteiger partial charge in [0.15, 0.2) is 5.82 Å². The minimum atomic E-state index is -0.731. The van der Waals surface area contributed by atoms with Gasteiger partial charge in [-0.15, -0.1) is 5.10 Å². The first-order chi connectivity index (χ1) is 12.6. The number of aromatic hydroxyl groups is 2. The van der Waals surface area contributed by atoms with Crippen LogP contribution in [0.5, 0.6) is 11.6 Å². The van der Waals surface area contributed by atoms with Gasteiger partial charge in [-0.1, -0.05) is 17.7 Å². The van der Waals surface area contributed by atoms with Crippen LogP contribution in [0.2, 0.25) is 5.02 Å². The Hall–Kier alpha value is -3.59. The third-order valence-electron chi connectivity index (χ3n) is 3.20. The van der Waals surface area contributed by atoms with Gasteiger partial charge in [-0.2, -0.15) is 15.2 Å². The number of carbonyl (C=O) groups is 1.